The van der Waals surface area contributed by atoms with Crippen molar-refractivity contribution in [3.05, 3.63) is 41.5 Å². The van der Waals surface area contributed by atoms with Gasteiger partial charge in [-0.05, 0) is 24.6 Å². The minimum Gasteiger partial charge on any atom is -0.458 e. The quantitative estimate of drug-likeness (QED) is 0.671. The van der Waals surface area contributed by atoms with E-state index in [1.165, 1.54) is 0 Å². The molecule has 1 fully saturated rings. The molecule has 6 heteroatoms. The molecule has 0 aliphatic carbocycles. The van der Waals surface area contributed by atoms with Gasteiger partial charge in [0.1, 0.15) is 6.07 Å². The van der Waals surface area contributed by atoms with E-state index >= 15 is 0 Å². The zero-order valence-electron chi connectivity index (χ0n) is 10.5. The molecule has 98 valence electrons. The lowest BCUT2D eigenvalue weighted by atomic mass is 9.76. The summed E-state index contributed by atoms with van der Waals surface area (Å²) < 4.78 is 5.58. The van der Waals surface area contributed by atoms with Crippen molar-refractivity contribution in [1.29, 1.82) is 5.26 Å². The number of aromatic nitrogens is 1. The molecule has 0 bridgehead atoms. The molecule has 3 heterocycles. The van der Waals surface area contributed by atoms with E-state index in [1.807, 2.05) is 12.1 Å². The Labute approximate surface area is 111 Å². The second kappa shape index (κ2) is 4.53. The first-order valence-electron chi connectivity index (χ1n) is 6.19. The molecule has 1 saturated heterocycles. The molecule has 0 saturated carbocycles. The molecule has 0 amide bonds. The highest BCUT2D eigenvalue weighted by Crippen LogP contribution is 2.42. The first kappa shape index (κ1) is 12.0. The number of nitrogens with two attached hydrogens (primary N) is 1. The minimum absolute atomic E-state index is 0.0794. The van der Waals surface area contributed by atoms with E-state index < -0.39 is 0 Å². The molecular weight excluding hydrogens is 242 g/mol. The highest BCUT2D eigenvalue weighted by molar-refractivity contribution is 5.40. The van der Waals surface area contributed by atoms with Gasteiger partial charge in [-0.3, -0.25) is 10.4 Å². The van der Waals surface area contributed by atoms with Gasteiger partial charge in [-0.1, -0.05) is 0 Å². The second-order valence-corrected chi connectivity index (χ2v) is 4.84. The molecular formula is C13H15N5O. The summed E-state index contributed by atoms with van der Waals surface area (Å²) >= 11 is 0. The van der Waals surface area contributed by atoms with E-state index in [2.05, 4.69) is 28.8 Å². The van der Waals surface area contributed by atoms with Gasteiger partial charge in [0.15, 0.2) is 6.23 Å². The van der Waals surface area contributed by atoms with Crippen LogP contribution in [0.3, 0.4) is 0 Å². The first-order valence-corrected chi connectivity index (χ1v) is 6.19. The molecule has 3 rings (SSSR count). The molecule has 0 spiro atoms. The van der Waals surface area contributed by atoms with E-state index in [-0.39, 0.29) is 30.0 Å². The Morgan fingerprint density at radius 2 is 2.11 bits per heavy atom. The summed E-state index contributed by atoms with van der Waals surface area (Å²) in [6, 6.07) is 6.21. The normalized spacial score (nSPS) is 33.5. The van der Waals surface area contributed by atoms with Gasteiger partial charge in [-0.15, -0.1) is 0 Å². The van der Waals surface area contributed by atoms with Gasteiger partial charge in [0, 0.05) is 30.3 Å². The third-order valence-corrected chi connectivity index (χ3v) is 3.78. The summed E-state index contributed by atoms with van der Waals surface area (Å²) in [6.45, 7) is 2.06. The Morgan fingerprint density at radius 1 is 1.37 bits per heavy atom. The number of allylic oxidation sites excluding steroid dienone is 1. The smallest absolute Gasteiger partial charge is 0.200 e. The number of fused-ring (bicyclic) bond motifs is 1. The Hall–Kier alpha value is -2.10. The minimum atomic E-state index is -0.217. The third kappa shape index (κ3) is 1.84. The van der Waals surface area contributed by atoms with E-state index in [0.29, 0.717) is 5.57 Å². The van der Waals surface area contributed by atoms with Crippen LogP contribution in [0.15, 0.2) is 36.0 Å². The molecule has 2 aliphatic rings. The lowest BCUT2D eigenvalue weighted by Gasteiger charge is -2.34. The van der Waals surface area contributed by atoms with Gasteiger partial charge in [0.25, 0.3) is 0 Å². The fraction of sp³-hybridized carbons (Fsp3) is 0.385. The van der Waals surface area contributed by atoms with Crippen molar-refractivity contribution in [2.24, 2.45) is 11.7 Å². The number of nitrogens with one attached hydrogen (secondary N) is 2. The summed E-state index contributed by atoms with van der Waals surface area (Å²) in [7, 11) is 0. The summed E-state index contributed by atoms with van der Waals surface area (Å²) in [4.78, 5) is 4.02. The van der Waals surface area contributed by atoms with E-state index in [0.717, 1.165) is 5.56 Å². The highest BCUT2D eigenvalue weighted by Gasteiger charge is 2.46. The number of nitriles is 1. The predicted molar refractivity (Wildman–Crippen MR) is 67.9 cm³/mol. The number of hydrazine groups is 1. The Kier molecular flexibility index (Phi) is 2.85. The van der Waals surface area contributed by atoms with Gasteiger partial charge in [-0.2, -0.15) is 5.26 Å². The average Bonchev–Trinajstić information content (AvgIpc) is 2.79. The van der Waals surface area contributed by atoms with Crippen molar-refractivity contribution < 1.29 is 4.74 Å². The number of rotatable bonds is 1. The van der Waals surface area contributed by atoms with Gasteiger partial charge >= 0.3 is 0 Å². The van der Waals surface area contributed by atoms with Crippen LogP contribution in [0.25, 0.3) is 0 Å². The summed E-state index contributed by atoms with van der Waals surface area (Å²) in [6.07, 6.45) is 3.24. The first-order chi connectivity index (χ1) is 9.22. The maximum atomic E-state index is 9.38. The molecule has 2 aliphatic heterocycles. The topological polar surface area (TPSA) is 96.0 Å². The van der Waals surface area contributed by atoms with Crippen molar-refractivity contribution in [3.8, 4) is 6.07 Å². The van der Waals surface area contributed by atoms with Crippen molar-refractivity contribution in [2.45, 2.75) is 25.1 Å². The number of pyridine rings is 1. The zero-order chi connectivity index (χ0) is 13.4. The SMILES string of the molecule is CC1NNC2OC(N)=C(C#N)C(c3ccncc3)C12. The van der Waals surface area contributed by atoms with Crippen LogP contribution in [0.2, 0.25) is 0 Å². The number of hydrogen-bond donors (Lipinski definition) is 3. The van der Waals surface area contributed by atoms with Crippen molar-refractivity contribution >= 4 is 0 Å². The largest absolute Gasteiger partial charge is 0.458 e. The number of ether oxygens (including phenoxy) is 1. The Morgan fingerprint density at radius 3 is 2.79 bits per heavy atom. The van der Waals surface area contributed by atoms with Gasteiger partial charge in [-0.25, -0.2) is 5.43 Å². The predicted octanol–water partition coefficient (Wildman–Crippen LogP) is 0.328. The maximum absolute atomic E-state index is 9.38. The maximum Gasteiger partial charge on any atom is 0.200 e. The van der Waals surface area contributed by atoms with E-state index in [1.54, 1.807) is 12.4 Å². The fourth-order valence-corrected chi connectivity index (χ4v) is 2.87. The molecule has 1 aromatic heterocycles. The van der Waals surface area contributed by atoms with Crippen LogP contribution in [0.4, 0.5) is 0 Å². The number of hydrogen-bond acceptors (Lipinski definition) is 6. The standard InChI is InChI=1S/C13H15N5O/c1-7-10-11(8-2-4-16-5-3-8)9(6-14)12(15)19-13(10)18-17-7/h2-5,7,10-11,13,17-18H,15H2,1H3. The fourth-order valence-electron chi connectivity index (χ4n) is 2.87. The average molecular weight is 257 g/mol. The van der Waals surface area contributed by atoms with Crippen LogP contribution in [-0.4, -0.2) is 17.3 Å². The summed E-state index contributed by atoms with van der Waals surface area (Å²) in [5.74, 6) is 0.238. The lowest BCUT2D eigenvalue weighted by molar-refractivity contribution is 0.0351. The molecule has 4 atom stereocenters. The van der Waals surface area contributed by atoms with E-state index in [9.17, 15) is 5.26 Å². The van der Waals surface area contributed by atoms with Crippen LogP contribution < -0.4 is 16.6 Å². The zero-order valence-corrected chi connectivity index (χ0v) is 10.5. The highest BCUT2D eigenvalue weighted by atomic mass is 16.5. The molecule has 0 aromatic carbocycles. The van der Waals surface area contributed by atoms with Crippen LogP contribution in [0.1, 0.15) is 18.4 Å². The number of nitrogens with zero attached hydrogens (tertiary/aromatic N) is 2. The Balaban J connectivity index is 2.10. The molecule has 6 nitrogen and oxygen atoms in total. The molecule has 4 N–H and O–H groups in total. The molecule has 4 unspecified atom stereocenters. The second-order valence-electron chi connectivity index (χ2n) is 4.84. The monoisotopic (exact) mass is 257 g/mol. The van der Waals surface area contributed by atoms with Gasteiger partial charge in [0.2, 0.25) is 5.88 Å². The van der Waals surface area contributed by atoms with Crippen molar-refractivity contribution in [2.75, 3.05) is 0 Å². The van der Waals surface area contributed by atoms with Gasteiger partial charge < -0.3 is 10.5 Å². The van der Waals surface area contributed by atoms with Crippen LogP contribution in [-0.2, 0) is 4.74 Å². The van der Waals surface area contributed by atoms with Crippen LogP contribution in [0.5, 0.6) is 0 Å². The van der Waals surface area contributed by atoms with Crippen LogP contribution >= 0.6 is 0 Å². The summed E-state index contributed by atoms with van der Waals surface area (Å²) in [5, 5.41) is 9.38. The summed E-state index contributed by atoms with van der Waals surface area (Å²) in [5.41, 5.74) is 13.6. The lowest BCUT2D eigenvalue weighted by Crippen LogP contribution is -2.41. The van der Waals surface area contributed by atoms with E-state index in [4.69, 9.17) is 10.5 Å². The van der Waals surface area contributed by atoms with Crippen molar-refractivity contribution in [3.63, 3.8) is 0 Å². The molecule has 19 heavy (non-hydrogen) atoms. The van der Waals surface area contributed by atoms with Crippen molar-refractivity contribution in [1.82, 2.24) is 15.8 Å². The third-order valence-electron chi connectivity index (χ3n) is 3.78. The Bertz CT molecular complexity index is 550. The van der Waals surface area contributed by atoms with Crippen LogP contribution in [0, 0.1) is 17.2 Å². The van der Waals surface area contributed by atoms with Gasteiger partial charge in [0.05, 0.1) is 5.57 Å². The molecule has 1 aromatic rings. The molecule has 0 radical (unpaired) electrons.